The van der Waals surface area contributed by atoms with Crippen molar-refractivity contribution in [3.63, 3.8) is 0 Å². The summed E-state index contributed by atoms with van der Waals surface area (Å²) in [7, 11) is 0. The first-order chi connectivity index (χ1) is 9.72. The first-order valence-electron chi connectivity index (χ1n) is 8.70. The fourth-order valence-electron chi connectivity index (χ4n) is 5.40. The maximum atomic E-state index is 12.7. The van der Waals surface area contributed by atoms with Crippen molar-refractivity contribution in [1.82, 2.24) is 5.32 Å². The lowest BCUT2D eigenvalue weighted by Gasteiger charge is -2.55. The van der Waals surface area contributed by atoms with Crippen LogP contribution in [0.15, 0.2) is 0 Å². The van der Waals surface area contributed by atoms with E-state index in [1.807, 2.05) is 0 Å². The summed E-state index contributed by atoms with van der Waals surface area (Å²) in [5, 5.41) is 3.25. The summed E-state index contributed by atoms with van der Waals surface area (Å²) >= 11 is 0. The second kappa shape index (κ2) is 6.05. The summed E-state index contributed by atoms with van der Waals surface area (Å²) in [6.07, 6.45) is 12.4. The first-order valence-corrected chi connectivity index (χ1v) is 8.70. The summed E-state index contributed by atoms with van der Waals surface area (Å²) in [6, 6.07) is 0. The van der Waals surface area contributed by atoms with Gasteiger partial charge >= 0.3 is 0 Å². The molecule has 0 aromatic carbocycles. The van der Waals surface area contributed by atoms with Crippen LogP contribution in [-0.2, 0) is 4.79 Å². The number of hydrogen-bond donors (Lipinski definition) is 2. The molecule has 1 amide bonds. The molecule has 3 heteroatoms. The van der Waals surface area contributed by atoms with E-state index in [0.29, 0.717) is 5.91 Å². The van der Waals surface area contributed by atoms with Crippen LogP contribution in [0.5, 0.6) is 0 Å². The first kappa shape index (κ1) is 14.4. The van der Waals surface area contributed by atoms with E-state index in [1.165, 1.54) is 51.4 Å². The molecule has 0 atom stereocenters. The van der Waals surface area contributed by atoms with E-state index >= 15 is 0 Å². The van der Waals surface area contributed by atoms with Gasteiger partial charge in [-0.2, -0.15) is 0 Å². The zero-order chi connectivity index (χ0) is 14.0. The zero-order valence-corrected chi connectivity index (χ0v) is 12.7. The molecule has 0 radical (unpaired) electrons. The van der Waals surface area contributed by atoms with Crippen LogP contribution in [0.3, 0.4) is 0 Å². The van der Waals surface area contributed by atoms with Crippen LogP contribution in [0.4, 0.5) is 0 Å². The number of amides is 1. The number of unbranched alkanes of at least 4 members (excludes halogenated alkanes) is 3. The maximum absolute atomic E-state index is 12.7. The van der Waals surface area contributed by atoms with Crippen molar-refractivity contribution in [3.05, 3.63) is 0 Å². The van der Waals surface area contributed by atoms with E-state index in [4.69, 9.17) is 5.73 Å². The van der Waals surface area contributed by atoms with Crippen LogP contribution >= 0.6 is 0 Å². The highest BCUT2D eigenvalue weighted by atomic mass is 16.2. The molecule has 4 fully saturated rings. The molecule has 0 aromatic heterocycles. The van der Waals surface area contributed by atoms with Crippen molar-refractivity contribution in [3.8, 4) is 0 Å². The second-order valence-electron chi connectivity index (χ2n) is 7.66. The van der Waals surface area contributed by atoms with Crippen LogP contribution in [0.25, 0.3) is 0 Å². The normalized spacial score (nSPS) is 38.1. The SMILES string of the molecule is NCCCCCCNC(=O)C12CC3CC(CC(C3)C1)C2. The average Bonchev–Trinajstić information content (AvgIpc) is 2.41. The topological polar surface area (TPSA) is 55.1 Å². The van der Waals surface area contributed by atoms with Gasteiger partial charge in [-0.1, -0.05) is 12.8 Å². The highest BCUT2D eigenvalue weighted by molar-refractivity contribution is 5.83. The van der Waals surface area contributed by atoms with Crippen LogP contribution in [-0.4, -0.2) is 19.0 Å². The smallest absolute Gasteiger partial charge is 0.226 e. The molecule has 3 nitrogen and oxygen atoms in total. The zero-order valence-electron chi connectivity index (χ0n) is 12.7. The van der Waals surface area contributed by atoms with E-state index in [2.05, 4.69) is 5.32 Å². The molecule has 114 valence electrons. The van der Waals surface area contributed by atoms with Gasteiger partial charge in [-0.3, -0.25) is 4.79 Å². The Labute approximate surface area is 123 Å². The molecule has 0 aliphatic heterocycles. The largest absolute Gasteiger partial charge is 0.356 e. The van der Waals surface area contributed by atoms with Gasteiger partial charge in [-0.25, -0.2) is 0 Å². The quantitative estimate of drug-likeness (QED) is 0.704. The van der Waals surface area contributed by atoms with Gasteiger partial charge in [0.1, 0.15) is 0 Å². The average molecular weight is 278 g/mol. The van der Waals surface area contributed by atoms with Gasteiger partial charge in [0.05, 0.1) is 0 Å². The van der Waals surface area contributed by atoms with E-state index in [9.17, 15) is 4.79 Å². The van der Waals surface area contributed by atoms with E-state index in [0.717, 1.165) is 43.7 Å². The highest BCUT2D eigenvalue weighted by Crippen LogP contribution is 2.60. The number of rotatable bonds is 7. The minimum Gasteiger partial charge on any atom is -0.356 e. The molecule has 3 N–H and O–H groups in total. The second-order valence-corrected chi connectivity index (χ2v) is 7.66. The number of carbonyl (C=O) groups is 1. The lowest BCUT2D eigenvalue weighted by molar-refractivity contribution is -0.146. The molecule has 0 spiro atoms. The van der Waals surface area contributed by atoms with E-state index in [-0.39, 0.29) is 5.41 Å². The van der Waals surface area contributed by atoms with Crippen molar-refractivity contribution < 1.29 is 4.79 Å². The molecule has 4 aliphatic rings. The molecule has 0 saturated heterocycles. The van der Waals surface area contributed by atoms with Gasteiger partial charge in [-0.15, -0.1) is 0 Å². The fourth-order valence-corrected chi connectivity index (χ4v) is 5.40. The molecular formula is C17H30N2O. The van der Waals surface area contributed by atoms with Gasteiger partial charge in [0.25, 0.3) is 0 Å². The van der Waals surface area contributed by atoms with Crippen molar-refractivity contribution in [1.29, 1.82) is 0 Å². The van der Waals surface area contributed by atoms with E-state index in [1.54, 1.807) is 0 Å². The Bertz CT molecular complexity index is 318. The van der Waals surface area contributed by atoms with Crippen molar-refractivity contribution in [2.24, 2.45) is 28.9 Å². The van der Waals surface area contributed by atoms with Gasteiger partial charge in [-0.05, 0) is 75.7 Å². The van der Waals surface area contributed by atoms with Gasteiger partial charge in [0.2, 0.25) is 5.91 Å². The van der Waals surface area contributed by atoms with Gasteiger partial charge in [0.15, 0.2) is 0 Å². The number of nitrogens with one attached hydrogen (secondary N) is 1. The predicted octanol–water partition coefficient (Wildman–Crippen LogP) is 2.84. The standard InChI is InChI=1S/C17H30N2O/c18-5-3-1-2-4-6-19-16(20)17-10-13-7-14(11-17)9-15(8-13)12-17/h13-15H,1-12,18H2,(H,19,20). The monoisotopic (exact) mass is 278 g/mol. The molecule has 4 saturated carbocycles. The Hall–Kier alpha value is -0.570. The van der Waals surface area contributed by atoms with Crippen LogP contribution in [0.1, 0.15) is 64.2 Å². The minimum atomic E-state index is 0.0337. The van der Waals surface area contributed by atoms with Gasteiger partial charge in [0, 0.05) is 12.0 Å². The maximum Gasteiger partial charge on any atom is 0.226 e. The predicted molar refractivity (Wildman–Crippen MR) is 81.1 cm³/mol. The Kier molecular flexibility index (Phi) is 4.34. The molecule has 20 heavy (non-hydrogen) atoms. The van der Waals surface area contributed by atoms with Crippen molar-refractivity contribution >= 4 is 5.91 Å². The molecule has 4 aliphatic carbocycles. The van der Waals surface area contributed by atoms with Crippen molar-refractivity contribution in [2.45, 2.75) is 64.2 Å². The molecular weight excluding hydrogens is 248 g/mol. The number of hydrogen-bond acceptors (Lipinski definition) is 2. The summed E-state index contributed by atoms with van der Waals surface area (Å²) in [5.41, 5.74) is 5.52. The summed E-state index contributed by atoms with van der Waals surface area (Å²) in [5.74, 6) is 2.96. The number of nitrogens with two attached hydrogens (primary N) is 1. The summed E-state index contributed by atoms with van der Waals surface area (Å²) in [6.45, 7) is 1.66. The third-order valence-electron chi connectivity index (χ3n) is 5.94. The van der Waals surface area contributed by atoms with Crippen LogP contribution in [0.2, 0.25) is 0 Å². The molecule has 0 heterocycles. The molecule has 0 aromatic rings. The molecule has 4 rings (SSSR count). The minimum absolute atomic E-state index is 0.0337. The molecule has 4 bridgehead atoms. The van der Waals surface area contributed by atoms with E-state index < -0.39 is 0 Å². The third-order valence-corrected chi connectivity index (χ3v) is 5.94. The highest BCUT2D eigenvalue weighted by Gasteiger charge is 2.54. The fraction of sp³-hybridized carbons (Fsp3) is 0.941. The Balaban J connectivity index is 1.45. The molecule has 0 unspecified atom stereocenters. The number of carbonyl (C=O) groups excluding carboxylic acids is 1. The lowest BCUT2D eigenvalue weighted by atomic mass is 9.49. The Morgan fingerprint density at radius 2 is 1.50 bits per heavy atom. The van der Waals surface area contributed by atoms with Crippen LogP contribution in [0, 0.1) is 23.2 Å². The Morgan fingerprint density at radius 1 is 0.950 bits per heavy atom. The van der Waals surface area contributed by atoms with Crippen molar-refractivity contribution in [2.75, 3.05) is 13.1 Å². The third kappa shape index (κ3) is 2.88. The Morgan fingerprint density at radius 3 is 2.05 bits per heavy atom. The lowest BCUT2D eigenvalue weighted by Crippen LogP contribution is -2.53. The van der Waals surface area contributed by atoms with Gasteiger partial charge < -0.3 is 11.1 Å². The van der Waals surface area contributed by atoms with Crippen LogP contribution < -0.4 is 11.1 Å². The summed E-state index contributed by atoms with van der Waals surface area (Å²) < 4.78 is 0. The summed E-state index contributed by atoms with van der Waals surface area (Å²) in [4.78, 5) is 12.7.